The minimum atomic E-state index is -4.02. The number of aromatic hydroxyl groups is 1. The van der Waals surface area contributed by atoms with Gasteiger partial charge in [0.05, 0.1) is 11.3 Å². The smallest absolute Gasteiger partial charge is 0.335 e. The molecule has 7 nitrogen and oxygen atoms in total. The lowest BCUT2D eigenvalue weighted by Crippen LogP contribution is -2.13. The number of rotatable bonds is 4. The average Bonchev–Trinajstić information content (AvgIpc) is 2.41. The third kappa shape index (κ3) is 3.41. The van der Waals surface area contributed by atoms with Crippen LogP contribution in [0.4, 0.5) is 5.69 Å². The Morgan fingerprint density at radius 1 is 1.24 bits per heavy atom. The molecule has 0 radical (unpaired) electrons. The van der Waals surface area contributed by atoms with Crippen LogP contribution in [-0.4, -0.2) is 29.6 Å². The Hall–Kier alpha value is -2.32. The number of nitrogens with zero attached hydrogens (tertiary/aromatic N) is 1. The topological polar surface area (TPSA) is 117 Å². The summed E-state index contributed by atoms with van der Waals surface area (Å²) in [5.41, 5.74) is -0.412. The molecule has 1 aromatic heterocycles. The van der Waals surface area contributed by atoms with E-state index in [0.29, 0.717) is 0 Å². The molecule has 0 unspecified atom stereocenters. The van der Waals surface area contributed by atoms with Crippen molar-refractivity contribution >= 4 is 33.3 Å². The van der Waals surface area contributed by atoms with Gasteiger partial charge in [-0.2, -0.15) is 0 Å². The number of carboxylic acid groups (broad SMARTS) is 1. The molecule has 1 aromatic carbocycles. The van der Waals surface area contributed by atoms with Gasteiger partial charge < -0.3 is 10.2 Å². The molecule has 0 aliphatic heterocycles. The highest BCUT2D eigenvalue weighted by atomic mass is 35.5. The molecule has 0 fully saturated rings. The Morgan fingerprint density at radius 2 is 1.95 bits per heavy atom. The normalized spacial score (nSPS) is 11.1. The van der Waals surface area contributed by atoms with E-state index in [0.717, 1.165) is 24.4 Å². The fourth-order valence-electron chi connectivity index (χ4n) is 1.48. The molecule has 0 aliphatic carbocycles. The molecule has 0 saturated heterocycles. The number of anilines is 1. The van der Waals surface area contributed by atoms with Gasteiger partial charge >= 0.3 is 5.97 Å². The Kier molecular flexibility index (Phi) is 4.01. The standard InChI is InChI=1S/C12H9ClN2O5S/c13-11-4-2-8(6-14-11)21(19,20)15-9-5-7(12(17)18)1-3-10(9)16/h1-6,15-16H,(H,17,18). The van der Waals surface area contributed by atoms with Gasteiger partial charge in [0.25, 0.3) is 10.0 Å². The van der Waals surface area contributed by atoms with Gasteiger partial charge in [0.2, 0.25) is 0 Å². The zero-order valence-electron chi connectivity index (χ0n) is 10.3. The van der Waals surface area contributed by atoms with Gasteiger partial charge in [-0.15, -0.1) is 0 Å². The summed E-state index contributed by atoms with van der Waals surface area (Å²) in [6, 6.07) is 5.78. The highest BCUT2D eigenvalue weighted by molar-refractivity contribution is 7.92. The van der Waals surface area contributed by atoms with E-state index in [1.165, 1.54) is 12.1 Å². The van der Waals surface area contributed by atoms with Gasteiger partial charge in [-0.05, 0) is 30.3 Å². The Bertz CT molecular complexity index is 790. The number of aromatic carboxylic acids is 1. The van der Waals surface area contributed by atoms with E-state index in [9.17, 15) is 18.3 Å². The summed E-state index contributed by atoms with van der Waals surface area (Å²) >= 11 is 5.57. The fraction of sp³-hybridized carbons (Fsp3) is 0. The number of carboxylic acids is 1. The highest BCUT2D eigenvalue weighted by Gasteiger charge is 2.17. The molecule has 2 aromatic rings. The van der Waals surface area contributed by atoms with Gasteiger partial charge in [-0.25, -0.2) is 18.2 Å². The summed E-state index contributed by atoms with van der Waals surface area (Å²) in [6.07, 6.45) is 1.04. The number of hydrogen-bond donors (Lipinski definition) is 3. The Balaban J connectivity index is 2.38. The van der Waals surface area contributed by atoms with Crippen molar-refractivity contribution in [1.82, 2.24) is 4.98 Å². The fourth-order valence-corrected chi connectivity index (χ4v) is 2.60. The lowest BCUT2D eigenvalue weighted by atomic mass is 10.2. The minimum absolute atomic E-state index is 0.129. The molecular formula is C12H9ClN2O5S. The van der Waals surface area contributed by atoms with Crippen molar-refractivity contribution in [2.24, 2.45) is 0 Å². The second-order valence-electron chi connectivity index (χ2n) is 3.96. The van der Waals surface area contributed by atoms with Crippen molar-refractivity contribution in [2.45, 2.75) is 4.90 Å². The van der Waals surface area contributed by atoms with E-state index in [4.69, 9.17) is 16.7 Å². The summed E-state index contributed by atoms with van der Waals surface area (Å²) in [7, 11) is -4.02. The van der Waals surface area contributed by atoms with E-state index in [1.54, 1.807) is 0 Å². The van der Waals surface area contributed by atoms with Crippen LogP contribution in [0.1, 0.15) is 10.4 Å². The summed E-state index contributed by atoms with van der Waals surface area (Å²) in [5, 5.41) is 18.6. The number of pyridine rings is 1. The van der Waals surface area contributed by atoms with Gasteiger partial charge in [0, 0.05) is 6.20 Å². The van der Waals surface area contributed by atoms with E-state index in [2.05, 4.69) is 9.71 Å². The zero-order chi connectivity index (χ0) is 15.6. The number of aromatic nitrogens is 1. The first-order valence-electron chi connectivity index (χ1n) is 5.50. The predicted octanol–water partition coefficient (Wildman–Crippen LogP) is 1.94. The van der Waals surface area contributed by atoms with Crippen LogP contribution in [0.15, 0.2) is 41.4 Å². The van der Waals surface area contributed by atoms with Crippen molar-refractivity contribution in [1.29, 1.82) is 0 Å². The quantitative estimate of drug-likeness (QED) is 0.583. The van der Waals surface area contributed by atoms with Crippen LogP contribution in [0, 0.1) is 0 Å². The van der Waals surface area contributed by atoms with Crippen molar-refractivity contribution in [2.75, 3.05) is 4.72 Å². The molecule has 2 rings (SSSR count). The Labute approximate surface area is 124 Å². The predicted molar refractivity (Wildman–Crippen MR) is 75.1 cm³/mol. The first-order chi connectivity index (χ1) is 9.79. The van der Waals surface area contributed by atoms with Crippen LogP contribution >= 0.6 is 11.6 Å². The zero-order valence-corrected chi connectivity index (χ0v) is 11.9. The SMILES string of the molecule is O=C(O)c1ccc(O)c(NS(=O)(=O)c2ccc(Cl)nc2)c1. The number of sulfonamides is 1. The number of benzene rings is 1. The molecule has 9 heteroatoms. The van der Waals surface area contributed by atoms with Crippen molar-refractivity contribution in [3.63, 3.8) is 0 Å². The van der Waals surface area contributed by atoms with Gasteiger partial charge in [0.1, 0.15) is 15.8 Å². The maximum atomic E-state index is 12.1. The van der Waals surface area contributed by atoms with Crippen molar-refractivity contribution < 1.29 is 23.4 Å². The molecule has 21 heavy (non-hydrogen) atoms. The molecular weight excluding hydrogens is 320 g/mol. The molecule has 0 atom stereocenters. The summed E-state index contributed by atoms with van der Waals surface area (Å²) in [5.74, 6) is -1.64. The number of phenols is 1. The first kappa shape index (κ1) is 15.1. The van der Waals surface area contributed by atoms with Crippen LogP contribution < -0.4 is 4.72 Å². The molecule has 0 bridgehead atoms. The van der Waals surface area contributed by atoms with Crippen LogP contribution in [0.2, 0.25) is 5.15 Å². The third-order valence-electron chi connectivity index (χ3n) is 2.50. The molecule has 0 spiro atoms. The molecule has 0 saturated carbocycles. The van der Waals surface area contributed by atoms with Crippen molar-refractivity contribution in [3.8, 4) is 5.75 Å². The summed E-state index contributed by atoms with van der Waals surface area (Å²) in [4.78, 5) is 14.3. The van der Waals surface area contributed by atoms with Crippen molar-refractivity contribution in [3.05, 3.63) is 47.2 Å². The number of nitrogens with one attached hydrogen (secondary N) is 1. The monoisotopic (exact) mass is 328 g/mol. The van der Waals surface area contributed by atoms with Crippen LogP contribution in [-0.2, 0) is 10.0 Å². The second-order valence-corrected chi connectivity index (χ2v) is 6.03. The van der Waals surface area contributed by atoms with Gasteiger partial charge in [-0.3, -0.25) is 4.72 Å². The number of halogens is 1. The molecule has 3 N–H and O–H groups in total. The first-order valence-corrected chi connectivity index (χ1v) is 7.36. The highest BCUT2D eigenvalue weighted by Crippen LogP contribution is 2.27. The molecule has 1 heterocycles. The summed E-state index contributed by atoms with van der Waals surface area (Å²) in [6.45, 7) is 0. The van der Waals surface area contributed by atoms with E-state index in [1.807, 2.05) is 0 Å². The largest absolute Gasteiger partial charge is 0.506 e. The second kappa shape index (κ2) is 5.58. The third-order valence-corrected chi connectivity index (χ3v) is 4.07. The van der Waals surface area contributed by atoms with E-state index < -0.39 is 21.7 Å². The maximum Gasteiger partial charge on any atom is 0.335 e. The maximum absolute atomic E-state index is 12.1. The summed E-state index contributed by atoms with van der Waals surface area (Å²) < 4.78 is 26.3. The van der Waals surface area contributed by atoms with E-state index >= 15 is 0 Å². The van der Waals surface area contributed by atoms with Gasteiger partial charge in [-0.1, -0.05) is 11.6 Å². The van der Waals surface area contributed by atoms with Crippen LogP contribution in [0.25, 0.3) is 0 Å². The molecule has 0 aliphatic rings. The van der Waals surface area contributed by atoms with E-state index in [-0.39, 0.29) is 21.3 Å². The average molecular weight is 329 g/mol. The Morgan fingerprint density at radius 3 is 2.52 bits per heavy atom. The van der Waals surface area contributed by atoms with Crippen LogP contribution in [0.5, 0.6) is 5.75 Å². The number of hydrogen-bond acceptors (Lipinski definition) is 5. The minimum Gasteiger partial charge on any atom is -0.506 e. The number of carbonyl (C=O) groups is 1. The lowest BCUT2D eigenvalue weighted by molar-refractivity contribution is 0.0697. The van der Waals surface area contributed by atoms with Gasteiger partial charge in [0.15, 0.2) is 0 Å². The molecule has 110 valence electrons. The number of phenolic OH excluding ortho intramolecular Hbond substituents is 1. The molecule has 0 amide bonds. The lowest BCUT2D eigenvalue weighted by Gasteiger charge is -2.10. The van der Waals surface area contributed by atoms with Crippen LogP contribution in [0.3, 0.4) is 0 Å².